The minimum Gasteiger partial charge on any atom is -0.324 e. The fraction of sp³-hybridized carbons (Fsp3) is 0.278. The first kappa shape index (κ1) is 21.0. The molecule has 3 nitrogen and oxygen atoms in total. The van der Waals surface area contributed by atoms with E-state index < -0.39 is 24.0 Å². The van der Waals surface area contributed by atoms with Crippen LogP contribution >= 0.6 is 12.4 Å². The average Bonchev–Trinajstić information content (AvgIpc) is 2.54. The summed E-state index contributed by atoms with van der Waals surface area (Å²) in [6.45, 7) is 1.61. The molecule has 0 aliphatic carbocycles. The first-order valence-electron chi connectivity index (χ1n) is 7.50. The van der Waals surface area contributed by atoms with Gasteiger partial charge in [-0.1, -0.05) is 42.5 Å². The van der Waals surface area contributed by atoms with Crippen molar-refractivity contribution in [3.05, 3.63) is 65.7 Å². The second-order valence-corrected chi connectivity index (χ2v) is 5.83. The van der Waals surface area contributed by atoms with Crippen molar-refractivity contribution in [3.8, 4) is 0 Å². The van der Waals surface area contributed by atoms with Gasteiger partial charge in [-0.2, -0.15) is 13.2 Å². The number of benzene rings is 2. The third-order valence-corrected chi connectivity index (χ3v) is 3.75. The van der Waals surface area contributed by atoms with Crippen molar-refractivity contribution in [2.45, 2.75) is 31.5 Å². The van der Waals surface area contributed by atoms with E-state index in [0.29, 0.717) is 16.8 Å². The summed E-state index contributed by atoms with van der Waals surface area (Å²) >= 11 is 0. The standard InChI is InChI=1S/C18H19F3N2O.ClH/c1-17(22,14-5-3-2-4-6-14)16(24)23-15-9-7-13(8-10-15)11-12-18(19,20)21;/h2-10H,11-12,22H2,1H3,(H,23,24);1H. The number of carbonyl (C=O) groups excluding carboxylic acids is 1. The molecule has 2 aromatic rings. The number of halogens is 4. The van der Waals surface area contributed by atoms with Crippen LogP contribution in [0.15, 0.2) is 54.6 Å². The molecule has 3 N–H and O–H groups in total. The van der Waals surface area contributed by atoms with Gasteiger partial charge in [0.05, 0.1) is 0 Å². The molecule has 0 bridgehead atoms. The normalized spacial score (nSPS) is 13.5. The van der Waals surface area contributed by atoms with Crippen molar-refractivity contribution in [3.63, 3.8) is 0 Å². The molecule has 136 valence electrons. The smallest absolute Gasteiger partial charge is 0.324 e. The van der Waals surface area contributed by atoms with Gasteiger partial charge in [0, 0.05) is 12.1 Å². The number of alkyl halides is 3. The van der Waals surface area contributed by atoms with Gasteiger partial charge in [-0.05, 0) is 36.6 Å². The van der Waals surface area contributed by atoms with E-state index in [1.807, 2.05) is 6.07 Å². The molecule has 0 saturated carbocycles. The van der Waals surface area contributed by atoms with Crippen LogP contribution in [0, 0.1) is 0 Å². The van der Waals surface area contributed by atoms with Gasteiger partial charge >= 0.3 is 6.18 Å². The van der Waals surface area contributed by atoms with E-state index in [1.165, 1.54) is 0 Å². The average molecular weight is 373 g/mol. The van der Waals surface area contributed by atoms with Crippen molar-refractivity contribution in [1.29, 1.82) is 0 Å². The Balaban J connectivity index is 0.00000312. The lowest BCUT2D eigenvalue weighted by molar-refractivity contribution is -0.134. The number of amides is 1. The SMILES string of the molecule is CC(N)(C(=O)Nc1ccc(CCC(F)(F)F)cc1)c1ccccc1.Cl. The van der Waals surface area contributed by atoms with Crippen LogP contribution in [0.1, 0.15) is 24.5 Å². The van der Waals surface area contributed by atoms with Crippen LogP contribution in [0.3, 0.4) is 0 Å². The molecular formula is C18H20ClF3N2O. The lowest BCUT2D eigenvalue weighted by atomic mass is 9.92. The number of nitrogens with one attached hydrogen (secondary N) is 1. The Morgan fingerprint density at radius 2 is 1.60 bits per heavy atom. The fourth-order valence-electron chi connectivity index (χ4n) is 2.22. The molecule has 0 spiro atoms. The molecule has 7 heteroatoms. The Kier molecular flexibility index (Phi) is 7.02. The number of nitrogens with two attached hydrogens (primary N) is 1. The van der Waals surface area contributed by atoms with Gasteiger partial charge < -0.3 is 11.1 Å². The lowest BCUT2D eigenvalue weighted by Crippen LogP contribution is -2.45. The van der Waals surface area contributed by atoms with Gasteiger partial charge in [0.15, 0.2) is 0 Å². The summed E-state index contributed by atoms with van der Waals surface area (Å²) < 4.78 is 36.6. The maximum atomic E-state index is 12.4. The van der Waals surface area contributed by atoms with E-state index in [-0.39, 0.29) is 18.8 Å². The highest BCUT2D eigenvalue weighted by molar-refractivity contribution is 5.98. The first-order chi connectivity index (χ1) is 11.2. The molecule has 0 aliphatic heterocycles. The molecule has 2 aromatic carbocycles. The van der Waals surface area contributed by atoms with E-state index >= 15 is 0 Å². The zero-order chi connectivity index (χ0) is 17.8. The summed E-state index contributed by atoms with van der Waals surface area (Å²) in [6, 6.07) is 15.2. The maximum absolute atomic E-state index is 12.4. The van der Waals surface area contributed by atoms with Crippen molar-refractivity contribution in [1.82, 2.24) is 0 Å². The molecule has 0 fully saturated rings. The Bertz CT molecular complexity index is 686. The van der Waals surface area contributed by atoms with Crippen LogP contribution < -0.4 is 11.1 Å². The summed E-state index contributed by atoms with van der Waals surface area (Å²) in [5, 5.41) is 2.69. The second-order valence-electron chi connectivity index (χ2n) is 5.83. The molecule has 0 aromatic heterocycles. The zero-order valence-electron chi connectivity index (χ0n) is 13.6. The summed E-state index contributed by atoms with van der Waals surface area (Å²) in [5.41, 5.74) is 6.62. The number of hydrogen-bond acceptors (Lipinski definition) is 2. The fourth-order valence-corrected chi connectivity index (χ4v) is 2.22. The molecule has 1 unspecified atom stereocenters. The quantitative estimate of drug-likeness (QED) is 0.816. The van der Waals surface area contributed by atoms with Crippen LogP contribution in [-0.2, 0) is 16.8 Å². The predicted molar refractivity (Wildman–Crippen MR) is 94.7 cm³/mol. The minimum atomic E-state index is -4.18. The van der Waals surface area contributed by atoms with Crippen molar-refractivity contribution in [2.75, 3.05) is 5.32 Å². The third-order valence-electron chi connectivity index (χ3n) is 3.75. The first-order valence-corrected chi connectivity index (χ1v) is 7.50. The van der Waals surface area contributed by atoms with E-state index in [1.54, 1.807) is 55.5 Å². The number of rotatable bonds is 5. The number of anilines is 1. The van der Waals surface area contributed by atoms with Crippen LogP contribution in [0.25, 0.3) is 0 Å². The summed E-state index contributed by atoms with van der Waals surface area (Å²) in [6.07, 6.45) is -5.13. The molecule has 0 heterocycles. The summed E-state index contributed by atoms with van der Waals surface area (Å²) in [5.74, 6) is -0.392. The Labute approximate surface area is 150 Å². The molecule has 25 heavy (non-hydrogen) atoms. The van der Waals surface area contributed by atoms with E-state index in [0.717, 1.165) is 0 Å². The van der Waals surface area contributed by atoms with Crippen LogP contribution in [0.5, 0.6) is 0 Å². The molecule has 0 aliphatic rings. The Hall–Kier alpha value is -2.05. The van der Waals surface area contributed by atoms with Crippen LogP contribution in [0.2, 0.25) is 0 Å². The second kappa shape index (κ2) is 8.36. The number of aryl methyl sites for hydroxylation is 1. The molecular weight excluding hydrogens is 353 g/mol. The molecule has 0 radical (unpaired) electrons. The highest BCUT2D eigenvalue weighted by Crippen LogP contribution is 2.23. The largest absolute Gasteiger partial charge is 0.389 e. The van der Waals surface area contributed by atoms with Gasteiger partial charge in [-0.25, -0.2) is 0 Å². The van der Waals surface area contributed by atoms with Crippen molar-refractivity contribution >= 4 is 24.0 Å². The maximum Gasteiger partial charge on any atom is 0.389 e. The van der Waals surface area contributed by atoms with Crippen molar-refractivity contribution < 1.29 is 18.0 Å². The summed E-state index contributed by atoms with van der Waals surface area (Å²) in [4.78, 5) is 12.4. The highest BCUT2D eigenvalue weighted by Gasteiger charge is 2.30. The highest BCUT2D eigenvalue weighted by atomic mass is 35.5. The lowest BCUT2D eigenvalue weighted by Gasteiger charge is -2.24. The van der Waals surface area contributed by atoms with Gasteiger partial charge in [0.1, 0.15) is 5.54 Å². The van der Waals surface area contributed by atoms with Gasteiger partial charge in [0.25, 0.3) is 0 Å². The van der Waals surface area contributed by atoms with Gasteiger partial charge in [-0.15, -0.1) is 12.4 Å². The number of hydrogen-bond donors (Lipinski definition) is 2. The van der Waals surface area contributed by atoms with Gasteiger partial charge in [-0.3, -0.25) is 4.79 Å². The predicted octanol–water partition coefficient (Wildman–Crippen LogP) is 4.42. The van der Waals surface area contributed by atoms with E-state index in [9.17, 15) is 18.0 Å². The zero-order valence-corrected chi connectivity index (χ0v) is 14.5. The number of carbonyl (C=O) groups is 1. The van der Waals surface area contributed by atoms with E-state index in [4.69, 9.17) is 5.73 Å². The monoisotopic (exact) mass is 372 g/mol. The van der Waals surface area contributed by atoms with Crippen LogP contribution in [0.4, 0.5) is 18.9 Å². The minimum absolute atomic E-state index is 0. The molecule has 2 rings (SSSR count). The molecule has 1 atom stereocenters. The van der Waals surface area contributed by atoms with Gasteiger partial charge in [0.2, 0.25) is 5.91 Å². The third kappa shape index (κ3) is 6.07. The van der Waals surface area contributed by atoms with Crippen LogP contribution in [-0.4, -0.2) is 12.1 Å². The molecule has 1 amide bonds. The van der Waals surface area contributed by atoms with E-state index in [2.05, 4.69) is 5.32 Å². The summed E-state index contributed by atoms with van der Waals surface area (Å²) in [7, 11) is 0. The topological polar surface area (TPSA) is 55.1 Å². The molecule has 0 saturated heterocycles. The Morgan fingerprint density at radius 1 is 1.04 bits per heavy atom. The van der Waals surface area contributed by atoms with Crippen molar-refractivity contribution in [2.24, 2.45) is 5.73 Å². The Morgan fingerprint density at radius 3 is 2.12 bits per heavy atom.